The van der Waals surface area contributed by atoms with E-state index in [2.05, 4.69) is 17.0 Å². The van der Waals surface area contributed by atoms with Crippen LogP contribution < -0.4 is 4.90 Å². The zero-order chi connectivity index (χ0) is 15.5. The average molecular weight is 329 g/mol. The summed E-state index contributed by atoms with van der Waals surface area (Å²) in [5.74, 6) is 0.455. The Hall–Kier alpha value is -1.85. The third-order valence-electron chi connectivity index (χ3n) is 3.51. The SMILES string of the molecule is COC(=O)c1ccc2c(c1)N(Cc1ccccc1)C(=S)CS2. The smallest absolute Gasteiger partial charge is 0.337 e. The molecule has 0 bridgehead atoms. The number of anilines is 1. The molecule has 0 unspecified atom stereocenters. The Bertz CT molecular complexity index is 716. The van der Waals surface area contributed by atoms with Gasteiger partial charge >= 0.3 is 5.97 Å². The topological polar surface area (TPSA) is 29.5 Å². The van der Waals surface area contributed by atoms with E-state index in [0.717, 1.165) is 21.3 Å². The summed E-state index contributed by atoms with van der Waals surface area (Å²) in [4.78, 5) is 15.9. The molecule has 1 aliphatic rings. The number of hydrogen-bond donors (Lipinski definition) is 0. The molecular formula is C17H15NO2S2. The van der Waals surface area contributed by atoms with Crippen molar-refractivity contribution in [1.29, 1.82) is 0 Å². The lowest BCUT2D eigenvalue weighted by molar-refractivity contribution is 0.0600. The van der Waals surface area contributed by atoms with E-state index in [1.54, 1.807) is 17.8 Å². The molecule has 3 rings (SSSR count). The number of carbonyl (C=O) groups excluding carboxylic acids is 1. The van der Waals surface area contributed by atoms with Crippen LogP contribution in [-0.4, -0.2) is 23.8 Å². The highest BCUT2D eigenvalue weighted by Gasteiger charge is 2.23. The van der Waals surface area contributed by atoms with Crippen molar-refractivity contribution < 1.29 is 9.53 Å². The molecule has 0 saturated heterocycles. The maximum atomic E-state index is 11.8. The van der Waals surface area contributed by atoms with Crippen LogP contribution >= 0.6 is 24.0 Å². The summed E-state index contributed by atoms with van der Waals surface area (Å²) < 4.78 is 4.81. The van der Waals surface area contributed by atoms with Crippen molar-refractivity contribution in [3.8, 4) is 0 Å². The number of nitrogens with zero attached hydrogens (tertiary/aromatic N) is 1. The Morgan fingerprint density at radius 2 is 2.05 bits per heavy atom. The van der Waals surface area contributed by atoms with Crippen molar-refractivity contribution in [1.82, 2.24) is 0 Å². The van der Waals surface area contributed by atoms with E-state index in [0.29, 0.717) is 12.1 Å². The first-order valence-electron chi connectivity index (χ1n) is 6.88. The Morgan fingerprint density at radius 1 is 1.27 bits per heavy atom. The first-order chi connectivity index (χ1) is 10.7. The van der Waals surface area contributed by atoms with Gasteiger partial charge in [0.1, 0.15) is 0 Å². The first-order valence-corrected chi connectivity index (χ1v) is 8.28. The third kappa shape index (κ3) is 3.00. The third-order valence-corrected chi connectivity index (χ3v) is 5.13. The van der Waals surface area contributed by atoms with Crippen molar-refractivity contribution in [2.75, 3.05) is 17.8 Å². The number of hydrogen-bond acceptors (Lipinski definition) is 4. The molecule has 0 N–H and O–H groups in total. The predicted octanol–water partition coefficient (Wildman–Crippen LogP) is 3.91. The summed E-state index contributed by atoms with van der Waals surface area (Å²) in [5, 5.41) is 0. The first kappa shape index (κ1) is 15.1. The van der Waals surface area contributed by atoms with E-state index in [4.69, 9.17) is 17.0 Å². The summed E-state index contributed by atoms with van der Waals surface area (Å²) in [6, 6.07) is 15.8. The van der Waals surface area contributed by atoms with Crippen molar-refractivity contribution in [3.05, 3.63) is 59.7 Å². The molecule has 0 aliphatic carbocycles. The van der Waals surface area contributed by atoms with Crippen molar-refractivity contribution in [2.24, 2.45) is 0 Å². The number of fused-ring (bicyclic) bond motifs is 1. The monoisotopic (exact) mass is 329 g/mol. The van der Waals surface area contributed by atoms with Crippen LogP contribution in [0.2, 0.25) is 0 Å². The minimum atomic E-state index is -0.330. The Kier molecular flexibility index (Phi) is 4.45. The van der Waals surface area contributed by atoms with Crippen LogP contribution in [0.5, 0.6) is 0 Å². The summed E-state index contributed by atoms with van der Waals surface area (Å²) in [7, 11) is 1.39. The van der Waals surface area contributed by atoms with Gasteiger partial charge in [-0.1, -0.05) is 42.5 Å². The standard InChI is InChI=1S/C17H15NO2S2/c1-20-17(19)13-7-8-15-14(9-13)18(16(21)11-22-15)10-12-5-3-2-4-6-12/h2-9H,10-11H2,1H3. The zero-order valence-corrected chi connectivity index (χ0v) is 13.7. The lowest BCUT2D eigenvalue weighted by Gasteiger charge is -2.31. The highest BCUT2D eigenvalue weighted by molar-refractivity contribution is 8.01. The fourth-order valence-corrected chi connectivity index (χ4v) is 3.64. The highest BCUT2D eigenvalue weighted by Crippen LogP contribution is 2.37. The van der Waals surface area contributed by atoms with Gasteiger partial charge in [-0.2, -0.15) is 0 Å². The van der Waals surface area contributed by atoms with Gasteiger partial charge in [-0.15, -0.1) is 11.8 Å². The van der Waals surface area contributed by atoms with Crippen LogP contribution in [-0.2, 0) is 11.3 Å². The largest absolute Gasteiger partial charge is 0.465 e. The zero-order valence-electron chi connectivity index (χ0n) is 12.1. The van der Waals surface area contributed by atoms with E-state index in [1.807, 2.05) is 30.3 Å². The number of rotatable bonds is 3. The second-order valence-electron chi connectivity index (χ2n) is 4.93. The minimum absolute atomic E-state index is 0.330. The Balaban J connectivity index is 1.98. The molecule has 1 heterocycles. The van der Waals surface area contributed by atoms with Gasteiger partial charge in [0.25, 0.3) is 0 Å². The molecular weight excluding hydrogens is 314 g/mol. The van der Waals surface area contributed by atoms with Crippen LogP contribution in [0.25, 0.3) is 0 Å². The Morgan fingerprint density at radius 3 is 2.77 bits per heavy atom. The number of methoxy groups -OCH3 is 1. The van der Waals surface area contributed by atoms with Gasteiger partial charge in [-0.3, -0.25) is 0 Å². The van der Waals surface area contributed by atoms with E-state index in [-0.39, 0.29) is 5.97 Å². The molecule has 0 aromatic heterocycles. The van der Waals surface area contributed by atoms with Crippen LogP contribution in [0.3, 0.4) is 0 Å². The molecule has 3 nitrogen and oxygen atoms in total. The number of ether oxygens (including phenoxy) is 1. The van der Waals surface area contributed by atoms with Crippen LogP contribution in [0.4, 0.5) is 5.69 Å². The average Bonchev–Trinajstić information content (AvgIpc) is 2.57. The maximum Gasteiger partial charge on any atom is 0.337 e. The summed E-state index contributed by atoms with van der Waals surface area (Å²) in [6.07, 6.45) is 0. The van der Waals surface area contributed by atoms with E-state index in [9.17, 15) is 4.79 Å². The van der Waals surface area contributed by atoms with Gasteiger partial charge in [0.15, 0.2) is 0 Å². The number of esters is 1. The normalized spacial score (nSPS) is 13.7. The number of carbonyl (C=O) groups is 1. The molecule has 0 atom stereocenters. The van der Waals surface area contributed by atoms with Gasteiger partial charge in [0.05, 0.1) is 23.3 Å². The molecule has 0 spiro atoms. The lowest BCUT2D eigenvalue weighted by atomic mass is 10.1. The summed E-state index contributed by atoms with van der Waals surface area (Å²) in [6.45, 7) is 0.706. The van der Waals surface area contributed by atoms with Gasteiger partial charge in [-0.05, 0) is 23.8 Å². The lowest BCUT2D eigenvalue weighted by Crippen LogP contribution is -2.33. The highest BCUT2D eigenvalue weighted by atomic mass is 32.2. The Labute approximate surface area is 139 Å². The van der Waals surface area contributed by atoms with E-state index >= 15 is 0 Å². The van der Waals surface area contributed by atoms with Crippen molar-refractivity contribution >= 4 is 40.6 Å². The quantitative estimate of drug-likeness (QED) is 0.629. The maximum absolute atomic E-state index is 11.8. The molecule has 5 heteroatoms. The van der Waals surface area contributed by atoms with Crippen LogP contribution in [0.15, 0.2) is 53.4 Å². The van der Waals surface area contributed by atoms with Gasteiger partial charge in [-0.25, -0.2) is 4.79 Å². The van der Waals surface area contributed by atoms with E-state index < -0.39 is 0 Å². The second-order valence-corrected chi connectivity index (χ2v) is 6.42. The molecule has 0 saturated carbocycles. The minimum Gasteiger partial charge on any atom is -0.465 e. The molecule has 22 heavy (non-hydrogen) atoms. The fraction of sp³-hybridized carbons (Fsp3) is 0.176. The molecule has 0 fully saturated rings. The molecule has 1 aliphatic heterocycles. The van der Waals surface area contributed by atoms with Crippen LogP contribution in [0.1, 0.15) is 15.9 Å². The van der Waals surface area contributed by atoms with Crippen molar-refractivity contribution in [3.63, 3.8) is 0 Å². The molecule has 2 aromatic rings. The fourth-order valence-electron chi connectivity index (χ4n) is 2.39. The molecule has 112 valence electrons. The van der Waals surface area contributed by atoms with Gasteiger partial charge < -0.3 is 9.64 Å². The summed E-state index contributed by atoms with van der Waals surface area (Å²) >= 11 is 7.23. The molecule has 0 amide bonds. The van der Waals surface area contributed by atoms with Gasteiger partial charge in [0, 0.05) is 17.2 Å². The number of thiocarbonyl (C=S) groups is 1. The number of thioether (sulfide) groups is 1. The van der Waals surface area contributed by atoms with Crippen molar-refractivity contribution in [2.45, 2.75) is 11.4 Å². The second kappa shape index (κ2) is 6.50. The van der Waals surface area contributed by atoms with Gasteiger partial charge in [0.2, 0.25) is 0 Å². The van der Waals surface area contributed by atoms with Crippen LogP contribution in [0, 0.1) is 0 Å². The van der Waals surface area contributed by atoms with E-state index in [1.165, 1.54) is 12.7 Å². The number of benzene rings is 2. The molecule has 2 aromatic carbocycles. The predicted molar refractivity (Wildman–Crippen MR) is 93.7 cm³/mol. The summed E-state index contributed by atoms with van der Waals surface area (Å²) in [5.41, 5.74) is 2.71. The molecule has 0 radical (unpaired) electrons.